The standard InChI is InChI=1S/C30H38N4O3/c1-20-13-21(2)15-24(14-20)30(4,5)29(36)32(6)27-17-31-28(34-12-11-33(37)18-22(34)3)16-26(27)25-10-8-7-9-23(25)19-35/h7-10,13-17,22,35,37H,11-12,18-19H2,1-6H3. The number of carbonyl (C=O) groups is 1. The molecular weight excluding hydrogens is 464 g/mol. The lowest BCUT2D eigenvalue weighted by molar-refractivity contribution is -0.122. The Morgan fingerprint density at radius 2 is 1.76 bits per heavy atom. The first-order chi connectivity index (χ1) is 17.5. The maximum absolute atomic E-state index is 14.0. The van der Waals surface area contributed by atoms with Crippen LogP contribution in [0.3, 0.4) is 0 Å². The zero-order valence-electron chi connectivity index (χ0n) is 22.7. The van der Waals surface area contributed by atoms with Crippen molar-refractivity contribution in [3.8, 4) is 11.1 Å². The highest BCUT2D eigenvalue weighted by Crippen LogP contribution is 2.38. The molecule has 2 N–H and O–H groups in total. The van der Waals surface area contributed by atoms with Gasteiger partial charge in [-0.15, -0.1) is 0 Å². The van der Waals surface area contributed by atoms with Gasteiger partial charge in [-0.3, -0.25) is 4.79 Å². The van der Waals surface area contributed by atoms with Crippen LogP contribution >= 0.6 is 0 Å². The molecular formula is C30H38N4O3. The van der Waals surface area contributed by atoms with E-state index in [0.29, 0.717) is 25.3 Å². The number of hydroxylamine groups is 2. The Bertz CT molecular complexity index is 1270. The number of aliphatic hydroxyl groups excluding tert-OH is 1. The van der Waals surface area contributed by atoms with E-state index in [-0.39, 0.29) is 18.6 Å². The molecule has 0 aliphatic carbocycles. The SMILES string of the molecule is Cc1cc(C)cc(C(C)(C)C(=O)N(C)c2cnc(N3CCN(O)CC3C)cc2-c2ccccc2CO)c1. The molecule has 1 atom stereocenters. The van der Waals surface area contributed by atoms with E-state index in [0.717, 1.165) is 39.2 Å². The minimum Gasteiger partial charge on any atom is -0.392 e. The number of aryl methyl sites for hydroxylation is 2. The summed E-state index contributed by atoms with van der Waals surface area (Å²) in [4.78, 5) is 22.6. The summed E-state index contributed by atoms with van der Waals surface area (Å²) in [6, 6.07) is 16.0. The van der Waals surface area contributed by atoms with Crippen molar-refractivity contribution in [2.45, 2.75) is 52.7 Å². The second kappa shape index (κ2) is 10.6. The fourth-order valence-electron chi connectivity index (χ4n) is 5.26. The van der Waals surface area contributed by atoms with Crippen molar-refractivity contribution in [2.24, 2.45) is 0 Å². The molecule has 1 fully saturated rings. The van der Waals surface area contributed by atoms with Crippen molar-refractivity contribution in [1.82, 2.24) is 10.0 Å². The molecule has 1 aliphatic heterocycles. The van der Waals surface area contributed by atoms with Crippen LogP contribution in [0.15, 0.2) is 54.7 Å². The first-order valence-corrected chi connectivity index (χ1v) is 12.8. The molecule has 196 valence electrons. The second-order valence-electron chi connectivity index (χ2n) is 10.7. The maximum atomic E-state index is 14.0. The molecule has 1 unspecified atom stereocenters. The minimum absolute atomic E-state index is 0.0444. The number of amides is 1. The van der Waals surface area contributed by atoms with Gasteiger partial charge in [0.05, 0.1) is 23.9 Å². The van der Waals surface area contributed by atoms with Crippen LogP contribution in [0.1, 0.15) is 43.0 Å². The van der Waals surface area contributed by atoms with E-state index in [1.807, 2.05) is 58.0 Å². The van der Waals surface area contributed by atoms with Gasteiger partial charge >= 0.3 is 0 Å². The molecule has 1 aliphatic rings. The molecule has 0 saturated carbocycles. The smallest absolute Gasteiger partial charge is 0.236 e. The summed E-state index contributed by atoms with van der Waals surface area (Å²) in [7, 11) is 1.79. The number of pyridine rings is 1. The minimum atomic E-state index is -0.760. The molecule has 37 heavy (non-hydrogen) atoms. The molecule has 0 bridgehead atoms. The number of carbonyl (C=O) groups excluding carboxylic acids is 1. The molecule has 3 aromatic rings. The Morgan fingerprint density at radius 1 is 1.08 bits per heavy atom. The fourth-order valence-corrected chi connectivity index (χ4v) is 5.26. The van der Waals surface area contributed by atoms with Crippen molar-refractivity contribution in [3.63, 3.8) is 0 Å². The van der Waals surface area contributed by atoms with Gasteiger partial charge in [-0.1, -0.05) is 53.6 Å². The number of likely N-dealkylation sites (N-methyl/N-ethyl adjacent to an activating group) is 1. The number of rotatable bonds is 6. The third-order valence-corrected chi connectivity index (χ3v) is 7.39. The van der Waals surface area contributed by atoms with Crippen LogP contribution in [0.2, 0.25) is 0 Å². The van der Waals surface area contributed by atoms with Crippen LogP contribution < -0.4 is 9.80 Å². The molecule has 7 heteroatoms. The van der Waals surface area contributed by atoms with Gasteiger partial charge in [0.1, 0.15) is 5.82 Å². The van der Waals surface area contributed by atoms with Crippen LogP contribution in [0.5, 0.6) is 0 Å². The Labute approximate surface area is 219 Å². The van der Waals surface area contributed by atoms with Crippen molar-refractivity contribution < 1.29 is 15.1 Å². The Hall–Kier alpha value is -3.26. The Kier molecular flexibility index (Phi) is 7.69. The maximum Gasteiger partial charge on any atom is 0.236 e. The molecule has 7 nitrogen and oxygen atoms in total. The van der Waals surface area contributed by atoms with E-state index in [9.17, 15) is 15.1 Å². The lowest BCUT2D eigenvalue weighted by Gasteiger charge is -2.38. The van der Waals surface area contributed by atoms with Crippen LogP contribution in [0, 0.1) is 13.8 Å². The van der Waals surface area contributed by atoms with E-state index < -0.39 is 5.41 Å². The summed E-state index contributed by atoms with van der Waals surface area (Å²) >= 11 is 0. The van der Waals surface area contributed by atoms with Gasteiger partial charge in [-0.25, -0.2) is 4.98 Å². The van der Waals surface area contributed by atoms with Gasteiger partial charge in [0, 0.05) is 38.3 Å². The number of anilines is 2. The number of nitrogens with zero attached hydrogens (tertiary/aromatic N) is 4. The molecule has 4 rings (SSSR count). The molecule has 0 spiro atoms. The quantitative estimate of drug-likeness (QED) is 0.509. The number of aliphatic hydroxyl groups is 1. The second-order valence-corrected chi connectivity index (χ2v) is 10.7. The Balaban J connectivity index is 1.80. The first-order valence-electron chi connectivity index (χ1n) is 12.8. The van der Waals surface area contributed by atoms with Gasteiger partial charge in [-0.05, 0) is 57.4 Å². The lowest BCUT2D eigenvalue weighted by Crippen LogP contribution is -2.51. The molecule has 1 aromatic heterocycles. The van der Waals surface area contributed by atoms with Crippen molar-refractivity contribution in [3.05, 3.63) is 77.0 Å². The van der Waals surface area contributed by atoms with E-state index in [4.69, 9.17) is 4.98 Å². The van der Waals surface area contributed by atoms with Gasteiger partial charge < -0.3 is 20.1 Å². The van der Waals surface area contributed by atoms with Gasteiger partial charge in [-0.2, -0.15) is 5.06 Å². The molecule has 0 radical (unpaired) electrons. The fraction of sp³-hybridized carbons (Fsp3) is 0.400. The van der Waals surface area contributed by atoms with Crippen LogP contribution in [0.25, 0.3) is 11.1 Å². The predicted octanol–water partition coefficient (Wildman–Crippen LogP) is 4.70. The largest absolute Gasteiger partial charge is 0.392 e. The summed E-state index contributed by atoms with van der Waals surface area (Å²) < 4.78 is 0. The third kappa shape index (κ3) is 5.39. The third-order valence-electron chi connectivity index (χ3n) is 7.39. The highest BCUT2D eigenvalue weighted by Gasteiger charge is 2.35. The van der Waals surface area contributed by atoms with E-state index in [1.165, 1.54) is 5.06 Å². The topological polar surface area (TPSA) is 80.1 Å². The lowest BCUT2D eigenvalue weighted by atomic mass is 9.81. The monoisotopic (exact) mass is 502 g/mol. The first kappa shape index (κ1) is 26.8. The van der Waals surface area contributed by atoms with Gasteiger partial charge in [0.15, 0.2) is 0 Å². The van der Waals surface area contributed by atoms with Crippen LogP contribution in [0.4, 0.5) is 11.5 Å². The number of benzene rings is 2. The average Bonchev–Trinajstić information content (AvgIpc) is 2.87. The van der Waals surface area contributed by atoms with Crippen molar-refractivity contribution >= 4 is 17.4 Å². The number of hydrogen-bond donors (Lipinski definition) is 2. The number of hydrogen-bond acceptors (Lipinski definition) is 6. The number of piperazine rings is 1. The summed E-state index contributed by atoms with van der Waals surface area (Å²) in [5.74, 6) is 0.735. The highest BCUT2D eigenvalue weighted by molar-refractivity contribution is 6.03. The summed E-state index contributed by atoms with van der Waals surface area (Å²) in [6.45, 7) is 11.6. The molecule has 1 saturated heterocycles. The summed E-state index contributed by atoms with van der Waals surface area (Å²) in [5, 5.41) is 21.4. The van der Waals surface area contributed by atoms with Crippen molar-refractivity contribution in [2.75, 3.05) is 36.5 Å². The zero-order chi connectivity index (χ0) is 26.9. The zero-order valence-corrected chi connectivity index (χ0v) is 22.7. The Morgan fingerprint density at radius 3 is 2.41 bits per heavy atom. The normalized spacial score (nSPS) is 16.6. The molecule has 2 aromatic carbocycles. The van der Waals surface area contributed by atoms with E-state index in [2.05, 4.69) is 30.0 Å². The van der Waals surface area contributed by atoms with Crippen LogP contribution in [-0.4, -0.2) is 59.0 Å². The van der Waals surface area contributed by atoms with Crippen molar-refractivity contribution in [1.29, 1.82) is 0 Å². The molecule has 2 heterocycles. The predicted molar refractivity (Wildman–Crippen MR) is 148 cm³/mol. The van der Waals surface area contributed by atoms with Gasteiger partial charge in [0.25, 0.3) is 0 Å². The van der Waals surface area contributed by atoms with E-state index in [1.54, 1.807) is 18.1 Å². The van der Waals surface area contributed by atoms with Crippen LogP contribution in [-0.2, 0) is 16.8 Å². The molecule has 1 amide bonds. The highest BCUT2D eigenvalue weighted by atomic mass is 16.5. The number of aromatic nitrogens is 1. The average molecular weight is 503 g/mol. The summed E-state index contributed by atoms with van der Waals surface area (Å²) in [6.07, 6.45) is 1.76. The van der Waals surface area contributed by atoms with E-state index >= 15 is 0 Å². The summed E-state index contributed by atoms with van der Waals surface area (Å²) in [5.41, 5.74) is 5.62. The van der Waals surface area contributed by atoms with Gasteiger partial charge in [0.2, 0.25) is 5.91 Å².